The van der Waals surface area contributed by atoms with Crippen LogP contribution in [0.4, 0.5) is 5.69 Å². The van der Waals surface area contributed by atoms with E-state index in [0.717, 1.165) is 38.4 Å². The molecule has 8 nitrogen and oxygen atoms in total. The summed E-state index contributed by atoms with van der Waals surface area (Å²) < 4.78 is 17.5. The molecule has 0 bridgehead atoms. The first-order valence-corrected chi connectivity index (χ1v) is 18.7. The minimum absolute atomic E-state index is 0.304. The number of benzene rings is 5. The third kappa shape index (κ3) is 8.79. The van der Waals surface area contributed by atoms with E-state index in [1.54, 1.807) is 43.5 Å². The summed E-state index contributed by atoms with van der Waals surface area (Å²) in [6, 6.07) is 41.0. The van der Waals surface area contributed by atoms with Crippen LogP contribution in [0.15, 0.2) is 127 Å². The highest BCUT2D eigenvalue weighted by Gasteiger charge is 2.37. The van der Waals surface area contributed by atoms with E-state index in [1.165, 1.54) is 42.0 Å². The number of imide groups is 1. The van der Waals surface area contributed by atoms with Gasteiger partial charge in [-0.2, -0.15) is 0 Å². The molecule has 8 rings (SSSR count). The predicted octanol–water partition coefficient (Wildman–Crippen LogP) is 8.70. The first-order chi connectivity index (χ1) is 26.1. The van der Waals surface area contributed by atoms with Gasteiger partial charge in [0.1, 0.15) is 18.1 Å². The molecule has 0 aromatic heterocycles. The van der Waals surface area contributed by atoms with Gasteiger partial charge in [-0.05, 0) is 117 Å². The molecule has 0 atom stereocenters. The Morgan fingerprint density at radius 3 is 1.87 bits per heavy atom. The van der Waals surface area contributed by atoms with Crippen molar-refractivity contribution in [1.29, 1.82) is 0 Å². The number of carbonyl (C=O) groups excluding carboxylic acids is 2. The van der Waals surface area contributed by atoms with Crippen LogP contribution in [0.3, 0.4) is 0 Å². The van der Waals surface area contributed by atoms with Gasteiger partial charge in [0, 0.05) is 12.6 Å². The molecule has 0 unspecified atom stereocenters. The quantitative estimate of drug-likeness (QED) is 0.145. The molecule has 0 aliphatic carbocycles. The molecule has 1 N–H and O–H groups in total. The molecule has 5 aromatic carbocycles. The Bertz CT molecular complexity index is 1960. The van der Waals surface area contributed by atoms with Crippen molar-refractivity contribution in [2.24, 2.45) is 0 Å². The Kier molecular flexibility index (Phi) is 11.8. The maximum absolute atomic E-state index is 13.3. The molecule has 5 aromatic rings. The van der Waals surface area contributed by atoms with Gasteiger partial charge in [-0.3, -0.25) is 14.5 Å². The second kappa shape index (κ2) is 17.4. The first kappa shape index (κ1) is 35.9. The molecule has 0 saturated carbocycles. The number of nitrogens with one attached hydrogen (secondary N) is 1. The van der Waals surface area contributed by atoms with Crippen LogP contribution in [-0.2, 0) is 0 Å². The van der Waals surface area contributed by atoms with Crippen LogP contribution < -0.4 is 24.4 Å². The molecule has 3 aliphatic rings. The summed E-state index contributed by atoms with van der Waals surface area (Å²) in [6.45, 7) is 5.77. The van der Waals surface area contributed by atoms with Crippen LogP contribution in [-0.4, -0.2) is 63.2 Å². The van der Waals surface area contributed by atoms with Gasteiger partial charge in [0.25, 0.3) is 11.8 Å². The summed E-state index contributed by atoms with van der Waals surface area (Å²) >= 11 is 0. The normalized spacial score (nSPS) is 16.4. The molecular formula is C45H47N3O5. The van der Waals surface area contributed by atoms with E-state index in [9.17, 15) is 9.59 Å². The number of ether oxygens (including phenoxy) is 3. The van der Waals surface area contributed by atoms with Crippen molar-refractivity contribution in [3.63, 3.8) is 0 Å². The smallest absolute Gasteiger partial charge is 0.266 e. The number of para-hydroxylation sites is 1. The second-order valence-corrected chi connectivity index (χ2v) is 13.7. The van der Waals surface area contributed by atoms with Crippen LogP contribution in [0.25, 0.3) is 0 Å². The molecule has 3 aliphatic heterocycles. The van der Waals surface area contributed by atoms with Crippen molar-refractivity contribution < 1.29 is 23.8 Å². The monoisotopic (exact) mass is 709 g/mol. The third-order valence-corrected chi connectivity index (χ3v) is 10.4. The van der Waals surface area contributed by atoms with E-state index in [-0.39, 0.29) is 5.91 Å². The zero-order valence-corrected chi connectivity index (χ0v) is 30.3. The van der Waals surface area contributed by atoms with Crippen molar-refractivity contribution in [3.8, 4) is 23.0 Å². The third-order valence-electron chi connectivity index (χ3n) is 10.4. The number of hydrogen-bond donors (Lipinski definition) is 1. The van der Waals surface area contributed by atoms with Crippen LogP contribution in [0.5, 0.6) is 23.0 Å². The van der Waals surface area contributed by atoms with Crippen molar-refractivity contribution in [3.05, 3.63) is 150 Å². The molecule has 53 heavy (non-hydrogen) atoms. The Labute approximate surface area is 312 Å². The van der Waals surface area contributed by atoms with Gasteiger partial charge in [0.05, 0.1) is 23.9 Å². The van der Waals surface area contributed by atoms with E-state index in [0.29, 0.717) is 52.3 Å². The number of piperidine rings is 2. The molecular weight excluding hydrogens is 663 g/mol. The van der Waals surface area contributed by atoms with E-state index in [4.69, 9.17) is 14.2 Å². The Hall–Kier alpha value is -5.44. The lowest BCUT2D eigenvalue weighted by Gasteiger charge is -2.32. The van der Waals surface area contributed by atoms with Crippen LogP contribution in [0, 0.1) is 0 Å². The zero-order chi connectivity index (χ0) is 36.4. The highest BCUT2D eigenvalue weighted by molar-refractivity contribution is 6.34. The number of methoxy groups -OCH3 is 1. The molecule has 272 valence electrons. The summed E-state index contributed by atoms with van der Waals surface area (Å²) in [5.74, 6) is 2.81. The lowest BCUT2D eigenvalue weighted by atomic mass is 9.89. The molecule has 3 heterocycles. The zero-order valence-electron chi connectivity index (χ0n) is 30.3. The van der Waals surface area contributed by atoms with Gasteiger partial charge in [-0.25, -0.2) is 4.90 Å². The Morgan fingerprint density at radius 1 is 0.623 bits per heavy atom. The second-order valence-electron chi connectivity index (χ2n) is 13.7. The number of anilines is 1. The van der Waals surface area contributed by atoms with Crippen molar-refractivity contribution in [2.75, 3.05) is 51.3 Å². The van der Waals surface area contributed by atoms with Crippen LogP contribution >= 0.6 is 0 Å². The summed E-state index contributed by atoms with van der Waals surface area (Å²) in [7, 11) is 1.55. The molecule has 2 fully saturated rings. The van der Waals surface area contributed by atoms with Gasteiger partial charge >= 0.3 is 0 Å². The van der Waals surface area contributed by atoms with Gasteiger partial charge < -0.3 is 19.5 Å². The minimum Gasteiger partial charge on any atom is -0.493 e. The van der Waals surface area contributed by atoms with Gasteiger partial charge in [-0.15, -0.1) is 0 Å². The Morgan fingerprint density at radius 2 is 1.23 bits per heavy atom. The average molecular weight is 710 g/mol. The summed E-state index contributed by atoms with van der Waals surface area (Å²) in [5.41, 5.74) is 4.00. The highest BCUT2D eigenvalue weighted by atomic mass is 16.5. The predicted molar refractivity (Wildman–Crippen MR) is 209 cm³/mol. The molecule has 2 saturated heterocycles. The number of nitrogens with zero attached hydrogens (tertiary/aromatic N) is 2. The highest BCUT2D eigenvalue weighted by Crippen LogP contribution is 2.37. The fourth-order valence-electron chi connectivity index (χ4n) is 7.44. The number of amides is 2. The van der Waals surface area contributed by atoms with E-state index < -0.39 is 5.91 Å². The van der Waals surface area contributed by atoms with Crippen LogP contribution in [0.1, 0.15) is 69.4 Å². The number of hydrogen-bond acceptors (Lipinski definition) is 7. The van der Waals surface area contributed by atoms with Crippen molar-refractivity contribution >= 4 is 17.5 Å². The molecule has 0 radical (unpaired) electrons. The topological polar surface area (TPSA) is 80.3 Å². The van der Waals surface area contributed by atoms with Gasteiger partial charge in [0.15, 0.2) is 11.5 Å². The minimum atomic E-state index is -0.405. The van der Waals surface area contributed by atoms with E-state index in [2.05, 4.69) is 70.9 Å². The number of carbonyl (C=O) groups is 2. The lowest BCUT2D eigenvalue weighted by molar-refractivity contribution is 0.0926. The molecule has 8 heteroatoms. The Balaban J connectivity index is 0.000000306. The molecule has 2 amide bonds. The van der Waals surface area contributed by atoms with Crippen LogP contribution in [0.2, 0.25) is 0 Å². The summed E-state index contributed by atoms with van der Waals surface area (Å²) in [4.78, 5) is 30.1. The standard InChI is InChI=1S/C34H32N2O5.C11H15N/c1-39-32-22-26(12-15-31(32)40-21-20-35-18-16-25(17-19-35)24-8-4-2-5-9-24)36-33(37)29-14-13-28(23-30(29)34(36)38)41-27-10-6-3-7-11-27;1-2-4-10(5-3-1)11-6-8-12-9-7-11/h2-15,22-23,25H,16-21H2,1H3;1-5,11-12H,6-9H2. The van der Waals surface area contributed by atoms with Crippen molar-refractivity contribution in [1.82, 2.24) is 10.2 Å². The maximum Gasteiger partial charge on any atom is 0.266 e. The van der Waals surface area contributed by atoms with Crippen molar-refractivity contribution in [2.45, 2.75) is 37.5 Å². The fourth-order valence-corrected chi connectivity index (χ4v) is 7.44. The maximum atomic E-state index is 13.3. The molecule has 0 spiro atoms. The number of fused-ring (bicyclic) bond motifs is 1. The lowest BCUT2D eigenvalue weighted by Crippen LogP contribution is -2.35. The summed E-state index contributed by atoms with van der Waals surface area (Å²) in [5, 5.41) is 3.38. The summed E-state index contributed by atoms with van der Waals surface area (Å²) in [6.07, 6.45) is 4.87. The average Bonchev–Trinajstić information content (AvgIpc) is 3.47. The van der Waals surface area contributed by atoms with Gasteiger partial charge in [-0.1, -0.05) is 78.9 Å². The van der Waals surface area contributed by atoms with E-state index >= 15 is 0 Å². The number of rotatable bonds is 10. The SMILES string of the molecule is COc1cc(N2C(=O)c3ccc(Oc4ccccc4)cc3C2=O)ccc1OCCN1CCC(c2ccccc2)CC1.c1ccc(C2CCNCC2)cc1. The van der Waals surface area contributed by atoms with E-state index in [1.807, 2.05) is 30.3 Å². The first-order valence-electron chi connectivity index (χ1n) is 18.7. The fraction of sp³-hybridized carbons (Fsp3) is 0.289. The number of likely N-dealkylation sites (tertiary alicyclic amines) is 1. The largest absolute Gasteiger partial charge is 0.493 e. The van der Waals surface area contributed by atoms with Gasteiger partial charge in [0.2, 0.25) is 0 Å².